The smallest absolute Gasteiger partial charge is 0.196 e. The minimum absolute atomic E-state index is 0.0357. The monoisotopic (exact) mass is 295 g/mol. The zero-order valence-corrected chi connectivity index (χ0v) is 11.9. The van der Waals surface area contributed by atoms with E-state index in [9.17, 15) is 0 Å². The summed E-state index contributed by atoms with van der Waals surface area (Å²) < 4.78 is 1.06. The van der Waals surface area contributed by atoms with E-state index in [0.717, 1.165) is 29.5 Å². The average molecular weight is 296 g/mol. The number of aliphatic imine (C=N–C) groups is 1. The SMILES string of the molecule is CCC1(CC)CN=C(N)N1c1ccccc1Br. The molecule has 1 aromatic rings. The Morgan fingerprint density at radius 2 is 2.00 bits per heavy atom. The zero-order chi connectivity index (χ0) is 12.5. The number of para-hydroxylation sites is 1. The van der Waals surface area contributed by atoms with E-state index in [2.05, 4.69) is 45.7 Å². The van der Waals surface area contributed by atoms with Crippen LogP contribution in [0, 0.1) is 0 Å². The van der Waals surface area contributed by atoms with Crippen LogP contribution < -0.4 is 10.6 Å². The second-order valence-corrected chi connectivity index (χ2v) is 5.25. The number of halogens is 1. The highest BCUT2D eigenvalue weighted by molar-refractivity contribution is 9.10. The van der Waals surface area contributed by atoms with Crippen molar-refractivity contribution in [2.75, 3.05) is 11.4 Å². The number of nitrogens with zero attached hydrogens (tertiary/aromatic N) is 2. The van der Waals surface area contributed by atoms with E-state index in [-0.39, 0.29) is 5.54 Å². The average Bonchev–Trinajstić information content (AvgIpc) is 2.68. The van der Waals surface area contributed by atoms with E-state index in [1.165, 1.54) is 0 Å². The third kappa shape index (κ3) is 1.95. The maximum Gasteiger partial charge on any atom is 0.196 e. The number of hydrogen-bond donors (Lipinski definition) is 1. The topological polar surface area (TPSA) is 41.6 Å². The molecule has 3 nitrogen and oxygen atoms in total. The molecule has 0 saturated carbocycles. The molecule has 92 valence electrons. The van der Waals surface area contributed by atoms with Crippen LogP contribution in [0.15, 0.2) is 33.7 Å². The van der Waals surface area contributed by atoms with E-state index in [1.54, 1.807) is 0 Å². The normalized spacial score (nSPS) is 18.3. The Kier molecular flexibility index (Phi) is 3.43. The highest BCUT2D eigenvalue weighted by Crippen LogP contribution is 2.37. The summed E-state index contributed by atoms with van der Waals surface area (Å²) in [5.41, 5.74) is 7.20. The van der Waals surface area contributed by atoms with Crippen LogP contribution in [0.4, 0.5) is 5.69 Å². The number of anilines is 1. The maximum absolute atomic E-state index is 6.06. The van der Waals surface area contributed by atoms with Crippen molar-refractivity contribution in [3.8, 4) is 0 Å². The van der Waals surface area contributed by atoms with Gasteiger partial charge in [-0.15, -0.1) is 0 Å². The fourth-order valence-corrected chi connectivity index (χ4v) is 2.88. The van der Waals surface area contributed by atoms with Gasteiger partial charge in [-0.25, -0.2) is 0 Å². The fourth-order valence-electron chi connectivity index (χ4n) is 2.41. The van der Waals surface area contributed by atoms with Crippen molar-refractivity contribution in [3.05, 3.63) is 28.7 Å². The first-order chi connectivity index (χ1) is 8.14. The molecule has 0 aliphatic carbocycles. The van der Waals surface area contributed by atoms with Crippen LogP contribution in [-0.2, 0) is 0 Å². The number of guanidine groups is 1. The molecule has 0 atom stereocenters. The molecule has 0 fully saturated rings. The van der Waals surface area contributed by atoms with Crippen molar-refractivity contribution >= 4 is 27.6 Å². The molecular formula is C13H18BrN3. The molecule has 0 unspecified atom stereocenters. The van der Waals surface area contributed by atoms with Crippen LogP contribution in [0.3, 0.4) is 0 Å². The maximum atomic E-state index is 6.06. The van der Waals surface area contributed by atoms with Gasteiger partial charge in [-0.1, -0.05) is 26.0 Å². The van der Waals surface area contributed by atoms with Gasteiger partial charge in [0.25, 0.3) is 0 Å². The Labute approximate surface area is 111 Å². The quantitative estimate of drug-likeness (QED) is 0.931. The largest absolute Gasteiger partial charge is 0.369 e. The van der Waals surface area contributed by atoms with Crippen molar-refractivity contribution in [2.24, 2.45) is 10.7 Å². The highest BCUT2D eigenvalue weighted by atomic mass is 79.9. The molecule has 0 bridgehead atoms. The van der Waals surface area contributed by atoms with Crippen molar-refractivity contribution < 1.29 is 0 Å². The molecule has 1 heterocycles. The molecule has 0 spiro atoms. The molecule has 0 radical (unpaired) electrons. The molecular weight excluding hydrogens is 278 g/mol. The molecule has 17 heavy (non-hydrogen) atoms. The summed E-state index contributed by atoms with van der Waals surface area (Å²) in [7, 11) is 0. The Morgan fingerprint density at radius 1 is 1.35 bits per heavy atom. The van der Waals surface area contributed by atoms with Gasteiger partial charge in [0.1, 0.15) is 0 Å². The van der Waals surface area contributed by atoms with Crippen molar-refractivity contribution in [1.29, 1.82) is 0 Å². The minimum Gasteiger partial charge on any atom is -0.369 e. The molecule has 2 N–H and O–H groups in total. The zero-order valence-electron chi connectivity index (χ0n) is 10.3. The summed E-state index contributed by atoms with van der Waals surface area (Å²) in [6, 6.07) is 8.16. The molecule has 0 aromatic heterocycles. The molecule has 1 aliphatic rings. The van der Waals surface area contributed by atoms with Crippen LogP contribution in [0.2, 0.25) is 0 Å². The summed E-state index contributed by atoms with van der Waals surface area (Å²) in [5, 5.41) is 0. The second-order valence-electron chi connectivity index (χ2n) is 4.39. The Hall–Kier alpha value is -1.03. The molecule has 0 saturated heterocycles. The lowest BCUT2D eigenvalue weighted by Crippen LogP contribution is -2.51. The molecule has 4 heteroatoms. The lowest BCUT2D eigenvalue weighted by atomic mass is 9.91. The van der Waals surface area contributed by atoms with Gasteiger partial charge in [-0.05, 0) is 40.9 Å². The van der Waals surface area contributed by atoms with E-state index in [1.807, 2.05) is 18.2 Å². The van der Waals surface area contributed by atoms with Gasteiger partial charge < -0.3 is 10.6 Å². The molecule has 1 aliphatic heterocycles. The third-order valence-electron chi connectivity index (χ3n) is 3.65. The van der Waals surface area contributed by atoms with Gasteiger partial charge in [-0.3, -0.25) is 4.99 Å². The van der Waals surface area contributed by atoms with E-state index in [0.29, 0.717) is 5.96 Å². The van der Waals surface area contributed by atoms with Crippen LogP contribution >= 0.6 is 15.9 Å². The molecule has 2 rings (SSSR count). The van der Waals surface area contributed by atoms with Gasteiger partial charge in [0.2, 0.25) is 0 Å². The van der Waals surface area contributed by atoms with Crippen molar-refractivity contribution in [3.63, 3.8) is 0 Å². The molecule has 0 amide bonds. The summed E-state index contributed by atoms with van der Waals surface area (Å²) in [5.74, 6) is 0.626. The summed E-state index contributed by atoms with van der Waals surface area (Å²) in [6.07, 6.45) is 2.07. The van der Waals surface area contributed by atoms with Gasteiger partial charge in [0.15, 0.2) is 5.96 Å². The third-order valence-corrected chi connectivity index (χ3v) is 4.32. The Balaban J connectivity index is 2.48. The predicted molar refractivity (Wildman–Crippen MR) is 76.4 cm³/mol. The van der Waals surface area contributed by atoms with Crippen LogP contribution in [0.5, 0.6) is 0 Å². The van der Waals surface area contributed by atoms with Crippen LogP contribution in [0.1, 0.15) is 26.7 Å². The second kappa shape index (κ2) is 4.69. The predicted octanol–water partition coefficient (Wildman–Crippen LogP) is 3.14. The first kappa shape index (κ1) is 12.4. The Bertz CT molecular complexity index is 438. The summed E-state index contributed by atoms with van der Waals surface area (Å²) >= 11 is 3.59. The van der Waals surface area contributed by atoms with Crippen LogP contribution in [-0.4, -0.2) is 18.0 Å². The van der Waals surface area contributed by atoms with Crippen molar-refractivity contribution in [1.82, 2.24) is 0 Å². The van der Waals surface area contributed by atoms with Gasteiger partial charge in [0.05, 0.1) is 17.8 Å². The van der Waals surface area contributed by atoms with E-state index in [4.69, 9.17) is 5.73 Å². The minimum atomic E-state index is 0.0357. The number of rotatable bonds is 3. The van der Waals surface area contributed by atoms with Crippen molar-refractivity contribution in [2.45, 2.75) is 32.2 Å². The lowest BCUT2D eigenvalue weighted by molar-refractivity contribution is 0.426. The Morgan fingerprint density at radius 3 is 2.59 bits per heavy atom. The number of hydrogen-bond acceptors (Lipinski definition) is 3. The van der Waals surface area contributed by atoms with Crippen LogP contribution in [0.25, 0.3) is 0 Å². The van der Waals surface area contributed by atoms with Gasteiger partial charge in [0, 0.05) is 4.47 Å². The number of benzene rings is 1. The first-order valence-corrected chi connectivity index (χ1v) is 6.78. The lowest BCUT2D eigenvalue weighted by Gasteiger charge is -2.38. The molecule has 1 aromatic carbocycles. The fraction of sp³-hybridized carbons (Fsp3) is 0.462. The highest BCUT2D eigenvalue weighted by Gasteiger charge is 2.40. The summed E-state index contributed by atoms with van der Waals surface area (Å²) in [6.45, 7) is 5.18. The standard InChI is InChI=1S/C13H18BrN3/c1-3-13(4-2)9-16-12(15)17(13)11-8-6-5-7-10(11)14/h5-8H,3-4,9H2,1-2H3,(H2,15,16). The number of nitrogens with two attached hydrogens (primary N) is 1. The first-order valence-electron chi connectivity index (χ1n) is 5.99. The van der Waals surface area contributed by atoms with E-state index < -0.39 is 0 Å². The van der Waals surface area contributed by atoms with E-state index >= 15 is 0 Å². The summed E-state index contributed by atoms with van der Waals surface area (Å²) in [4.78, 5) is 6.61. The van der Waals surface area contributed by atoms with Gasteiger partial charge in [-0.2, -0.15) is 0 Å². The van der Waals surface area contributed by atoms with Gasteiger partial charge >= 0.3 is 0 Å².